The summed E-state index contributed by atoms with van der Waals surface area (Å²) in [5.41, 5.74) is 0. The number of rotatable bonds is 49. The quantitative estimate of drug-likeness (QED) is 0.0422. The second-order valence-electron chi connectivity index (χ2n) is 18.3. The molecule has 0 saturated carbocycles. The number of nitrogens with one attached hydrogen (secondary N) is 1. The zero-order valence-corrected chi connectivity index (χ0v) is 40.5. The van der Waals surface area contributed by atoms with Gasteiger partial charge in [-0.1, -0.05) is 274 Å². The van der Waals surface area contributed by atoms with E-state index in [2.05, 4.69) is 67.8 Å². The van der Waals surface area contributed by atoms with Crippen molar-refractivity contribution in [3.8, 4) is 0 Å². The van der Waals surface area contributed by atoms with Gasteiger partial charge in [0.2, 0.25) is 5.91 Å². The van der Waals surface area contributed by atoms with Crippen molar-refractivity contribution >= 4 is 5.91 Å². The molecule has 0 aromatic carbocycles. The summed E-state index contributed by atoms with van der Waals surface area (Å²) in [7, 11) is 0. The van der Waals surface area contributed by atoms with E-state index in [-0.39, 0.29) is 12.5 Å². The van der Waals surface area contributed by atoms with Gasteiger partial charge in [0.05, 0.1) is 18.8 Å². The van der Waals surface area contributed by atoms with E-state index in [1.165, 1.54) is 205 Å². The van der Waals surface area contributed by atoms with Gasteiger partial charge in [-0.25, -0.2) is 0 Å². The molecule has 0 fully saturated rings. The first-order chi connectivity index (χ1) is 29.7. The lowest BCUT2D eigenvalue weighted by molar-refractivity contribution is -0.123. The summed E-state index contributed by atoms with van der Waals surface area (Å²) in [6, 6.07) is -0.543. The highest BCUT2D eigenvalue weighted by molar-refractivity contribution is 5.76. The summed E-state index contributed by atoms with van der Waals surface area (Å²) in [5, 5.41) is 23.3. The van der Waals surface area contributed by atoms with Gasteiger partial charge in [0, 0.05) is 6.42 Å². The first kappa shape index (κ1) is 58.4. The molecule has 0 aliphatic carbocycles. The molecule has 2 unspecified atom stereocenters. The summed E-state index contributed by atoms with van der Waals surface area (Å²) >= 11 is 0. The molecule has 0 aromatic rings. The Labute approximate surface area is 375 Å². The highest BCUT2D eigenvalue weighted by Crippen LogP contribution is 2.17. The van der Waals surface area contributed by atoms with Crippen LogP contribution in [0, 0.1) is 0 Å². The number of carbonyl (C=O) groups excluding carboxylic acids is 1. The normalized spacial score (nSPS) is 13.2. The Kier molecular flexibility index (Phi) is 50.3. The average Bonchev–Trinajstić information content (AvgIpc) is 3.25. The van der Waals surface area contributed by atoms with Gasteiger partial charge in [0.25, 0.3) is 0 Å². The average molecular weight is 840 g/mol. The molecule has 0 spiro atoms. The third-order valence-electron chi connectivity index (χ3n) is 12.4. The Morgan fingerprint density at radius 1 is 0.417 bits per heavy atom. The Bertz CT molecular complexity index is 954. The van der Waals surface area contributed by atoms with Crippen LogP contribution in [0.15, 0.2) is 48.6 Å². The number of aliphatic hydroxyl groups excluding tert-OH is 2. The Morgan fingerprint density at radius 3 is 1.10 bits per heavy atom. The van der Waals surface area contributed by atoms with Crippen LogP contribution in [0.3, 0.4) is 0 Å². The molecule has 60 heavy (non-hydrogen) atoms. The lowest BCUT2D eigenvalue weighted by atomic mass is 10.0. The van der Waals surface area contributed by atoms with Crippen molar-refractivity contribution in [3.05, 3.63) is 48.6 Å². The Balaban J connectivity index is 3.47. The number of allylic oxidation sites excluding steroid dienone is 8. The molecule has 0 saturated heterocycles. The van der Waals surface area contributed by atoms with E-state index in [0.29, 0.717) is 12.8 Å². The first-order valence-corrected chi connectivity index (χ1v) is 26.8. The van der Waals surface area contributed by atoms with Crippen LogP contribution in [0.25, 0.3) is 0 Å². The van der Waals surface area contributed by atoms with Crippen molar-refractivity contribution < 1.29 is 15.0 Å². The predicted octanol–water partition coefficient (Wildman–Crippen LogP) is 17.5. The maximum absolute atomic E-state index is 12.5. The maximum atomic E-state index is 12.5. The van der Waals surface area contributed by atoms with Gasteiger partial charge in [-0.3, -0.25) is 4.79 Å². The lowest BCUT2D eigenvalue weighted by Crippen LogP contribution is -2.45. The number of carbonyl (C=O) groups is 1. The highest BCUT2D eigenvalue weighted by atomic mass is 16.3. The number of amides is 1. The summed E-state index contributed by atoms with van der Waals surface area (Å²) in [6.45, 7) is 4.27. The van der Waals surface area contributed by atoms with Crippen LogP contribution in [0.1, 0.15) is 284 Å². The highest BCUT2D eigenvalue weighted by Gasteiger charge is 2.20. The van der Waals surface area contributed by atoms with Crippen LogP contribution < -0.4 is 5.32 Å². The number of hydrogen-bond acceptors (Lipinski definition) is 3. The SMILES string of the molecule is CC/C=C\C/C=C\C/C=C\C/C=C\CCCCCCCCCCC(=O)NC(CO)C(O)CCCCCCCCCCCCCCCCCCCCCCCCCCCCC. The van der Waals surface area contributed by atoms with E-state index in [4.69, 9.17) is 0 Å². The molecule has 4 nitrogen and oxygen atoms in total. The first-order valence-electron chi connectivity index (χ1n) is 26.8. The van der Waals surface area contributed by atoms with Gasteiger partial charge in [0.1, 0.15) is 0 Å². The van der Waals surface area contributed by atoms with Gasteiger partial charge in [-0.15, -0.1) is 0 Å². The van der Waals surface area contributed by atoms with Gasteiger partial charge >= 0.3 is 0 Å². The van der Waals surface area contributed by atoms with Crippen molar-refractivity contribution in [1.29, 1.82) is 0 Å². The van der Waals surface area contributed by atoms with E-state index >= 15 is 0 Å². The van der Waals surface area contributed by atoms with Gasteiger partial charge < -0.3 is 15.5 Å². The minimum atomic E-state index is -0.666. The van der Waals surface area contributed by atoms with Gasteiger partial charge in [0.15, 0.2) is 0 Å². The fourth-order valence-corrected chi connectivity index (χ4v) is 8.30. The van der Waals surface area contributed by atoms with Crippen LogP contribution in [0.4, 0.5) is 0 Å². The second-order valence-corrected chi connectivity index (χ2v) is 18.3. The monoisotopic (exact) mass is 840 g/mol. The maximum Gasteiger partial charge on any atom is 0.220 e. The molecule has 0 aliphatic heterocycles. The van der Waals surface area contributed by atoms with E-state index in [0.717, 1.165) is 51.4 Å². The van der Waals surface area contributed by atoms with Crippen LogP contribution >= 0.6 is 0 Å². The van der Waals surface area contributed by atoms with Crippen molar-refractivity contribution in [1.82, 2.24) is 5.32 Å². The zero-order valence-electron chi connectivity index (χ0n) is 40.5. The smallest absolute Gasteiger partial charge is 0.220 e. The van der Waals surface area contributed by atoms with Crippen molar-refractivity contribution in [2.45, 2.75) is 296 Å². The van der Waals surface area contributed by atoms with Crippen molar-refractivity contribution in [3.63, 3.8) is 0 Å². The third-order valence-corrected chi connectivity index (χ3v) is 12.4. The second kappa shape index (κ2) is 51.7. The molecule has 0 radical (unpaired) electrons. The number of aliphatic hydroxyl groups is 2. The summed E-state index contributed by atoms with van der Waals surface area (Å²) in [6.07, 6.45) is 70.9. The molecule has 0 bridgehead atoms. The van der Waals surface area contributed by atoms with Crippen LogP contribution in [-0.4, -0.2) is 34.9 Å². The fourth-order valence-electron chi connectivity index (χ4n) is 8.30. The minimum Gasteiger partial charge on any atom is -0.394 e. The molecule has 0 heterocycles. The predicted molar refractivity (Wildman–Crippen MR) is 267 cm³/mol. The molecule has 4 heteroatoms. The molecule has 0 aliphatic rings. The minimum absolute atomic E-state index is 0.0378. The third kappa shape index (κ3) is 47.4. The van der Waals surface area contributed by atoms with E-state index < -0.39 is 12.1 Å². The molecular formula is C56H105NO3. The molecule has 2 atom stereocenters. The summed E-state index contributed by atoms with van der Waals surface area (Å²) < 4.78 is 0. The molecule has 0 rings (SSSR count). The lowest BCUT2D eigenvalue weighted by Gasteiger charge is -2.22. The Morgan fingerprint density at radius 2 is 0.733 bits per heavy atom. The van der Waals surface area contributed by atoms with E-state index in [1.54, 1.807) is 0 Å². The van der Waals surface area contributed by atoms with E-state index in [1.807, 2.05) is 0 Å². The molecule has 352 valence electrons. The van der Waals surface area contributed by atoms with Crippen LogP contribution in [0.5, 0.6) is 0 Å². The standard InChI is InChI=1S/C56H105NO3/c1-3-5-7-9-11-13-15-17-19-21-23-25-26-27-28-29-30-32-33-35-37-39-41-43-45-47-49-51-55(59)54(53-58)57-56(60)52-50-48-46-44-42-40-38-36-34-31-24-22-20-18-16-14-12-10-8-6-4-2/h6,8,12,14,18,20,24,31,54-55,58-59H,3-5,7,9-11,13,15-17,19,21-23,25-30,32-53H2,1-2H3,(H,57,60)/b8-6-,14-12-,20-18-,31-24-. The summed E-state index contributed by atoms with van der Waals surface area (Å²) in [5.74, 6) is -0.0378. The number of unbranched alkanes of at least 4 members (excludes halogenated alkanes) is 34. The Hall–Kier alpha value is -1.65. The van der Waals surface area contributed by atoms with Gasteiger partial charge in [-0.2, -0.15) is 0 Å². The summed E-state index contributed by atoms with van der Waals surface area (Å²) in [4.78, 5) is 12.5. The molecule has 3 N–H and O–H groups in total. The zero-order chi connectivity index (χ0) is 43.5. The van der Waals surface area contributed by atoms with Crippen LogP contribution in [-0.2, 0) is 4.79 Å². The molecule has 1 amide bonds. The molecular weight excluding hydrogens is 735 g/mol. The topological polar surface area (TPSA) is 69.6 Å². The largest absolute Gasteiger partial charge is 0.394 e. The van der Waals surface area contributed by atoms with Crippen molar-refractivity contribution in [2.75, 3.05) is 6.61 Å². The fraction of sp³-hybridized carbons (Fsp3) is 0.839. The van der Waals surface area contributed by atoms with E-state index in [9.17, 15) is 15.0 Å². The van der Waals surface area contributed by atoms with Crippen LogP contribution in [0.2, 0.25) is 0 Å². The molecule has 0 aromatic heterocycles. The van der Waals surface area contributed by atoms with Gasteiger partial charge in [-0.05, 0) is 51.4 Å². The number of hydrogen-bond donors (Lipinski definition) is 3. The van der Waals surface area contributed by atoms with Crippen molar-refractivity contribution in [2.24, 2.45) is 0 Å².